The van der Waals surface area contributed by atoms with E-state index in [2.05, 4.69) is 20.8 Å². The van der Waals surface area contributed by atoms with E-state index >= 15 is 0 Å². The lowest BCUT2D eigenvalue weighted by Crippen LogP contribution is -2.15. The molecule has 200 valence electrons. The summed E-state index contributed by atoms with van der Waals surface area (Å²) in [6.07, 6.45) is 2.55. The first-order valence-corrected chi connectivity index (χ1v) is 13.3. The SMILES string of the molecule is COCCOCCOCCOCCOCCOCCOCCOCCSCCCC(C)(C)C. The molecule has 0 saturated heterocycles. The van der Waals surface area contributed by atoms with Gasteiger partial charge in [-0.05, 0) is 24.0 Å². The normalized spacial score (nSPS) is 12.0. The molecular weight excluding hydrogens is 448 g/mol. The molecule has 0 aliphatic rings. The summed E-state index contributed by atoms with van der Waals surface area (Å²) in [6.45, 7) is 15.7. The second kappa shape index (κ2) is 26.6. The van der Waals surface area contributed by atoms with Crippen molar-refractivity contribution in [3.63, 3.8) is 0 Å². The van der Waals surface area contributed by atoms with Crippen LogP contribution in [0.25, 0.3) is 0 Å². The minimum Gasteiger partial charge on any atom is -0.382 e. The van der Waals surface area contributed by atoms with E-state index in [1.165, 1.54) is 18.6 Å². The van der Waals surface area contributed by atoms with Crippen molar-refractivity contribution in [2.24, 2.45) is 5.41 Å². The van der Waals surface area contributed by atoms with Gasteiger partial charge in [0.1, 0.15) is 0 Å². The van der Waals surface area contributed by atoms with Gasteiger partial charge in [-0.25, -0.2) is 0 Å². The van der Waals surface area contributed by atoms with Gasteiger partial charge in [-0.3, -0.25) is 0 Å². The fourth-order valence-corrected chi connectivity index (χ4v) is 3.28. The van der Waals surface area contributed by atoms with Crippen LogP contribution in [0, 0.1) is 5.41 Å². The van der Waals surface area contributed by atoms with Gasteiger partial charge in [0.15, 0.2) is 0 Å². The number of methoxy groups -OCH3 is 1. The summed E-state index contributed by atoms with van der Waals surface area (Å²) in [7, 11) is 1.65. The molecule has 0 aliphatic carbocycles. The lowest BCUT2D eigenvalue weighted by molar-refractivity contribution is -0.0217. The minimum atomic E-state index is 0.442. The molecule has 0 rings (SSSR count). The quantitative estimate of drug-likeness (QED) is 0.159. The Morgan fingerprint density at radius 2 is 0.788 bits per heavy atom. The van der Waals surface area contributed by atoms with Crippen molar-refractivity contribution in [2.75, 3.05) is 118 Å². The third kappa shape index (κ3) is 32.0. The molecule has 0 aromatic carbocycles. The van der Waals surface area contributed by atoms with Crippen LogP contribution in [0.1, 0.15) is 33.6 Å². The third-order valence-electron chi connectivity index (χ3n) is 4.25. The van der Waals surface area contributed by atoms with E-state index in [1.807, 2.05) is 11.8 Å². The molecule has 0 spiro atoms. The Morgan fingerprint density at radius 3 is 1.12 bits per heavy atom. The Labute approximate surface area is 206 Å². The summed E-state index contributed by atoms with van der Waals surface area (Å²) in [5, 5.41) is 0. The van der Waals surface area contributed by atoms with Crippen LogP contribution in [0.15, 0.2) is 0 Å². The summed E-state index contributed by atoms with van der Waals surface area (Å²) in [5.74, 6) is 2.27. The molecule has 0 aromatic rings. The zero-order valence-electron chi connectivity index (χ0n) is 21.6. The molecule has 33 heavy (non-hydrogen) atoms. The monoisotopic (exact) mass is 498 g/mol. The van der Waals surface area contributed by atoms with E-state index in [1.54, 1.807) is 7.11 Å². The maximum atomic E-state index is 5.58. The molecule has 0 atom stereocenters. The molecule has 0 saturated carbocycles. The van der Waals surface area contributed by atoms with Gasteiger partial charge in [-0.1, -0.05) is 20.8 Å². The van der Waals surface area contributed by atoms with Gasteiger partial charge in [-0.2, -0.15) is 11.8 Å². The zero-order chi connectivity index (χ0) is 24.3. The van der Waals surface area contributed by atoms with Crippen LogP contribution in [0.4, 0.5) is 0 Å². The predicted molar refractivity (Wildman–Crippen MR) is 134 cm³/mol. The van der Waals surface area contributed by atoms with Crippen LogP contribution in [0.5, 0.6) is 0 Å². The number of thioether (sulfide) groups is 1. The lowest BCUT2D eigenvalue weighted by atomic mass is 9.91. The Kier molecular flexibility index (Phi) is 26.7. The average molecular weight is 499 g/mol. The van der Waals surface area contributed by atoms with E-state index in [9.17, 15) is 0 Å². The Bertz CT molecular complexity index is 369. The standard InChI is InChI=1S/C24H50O8S/c1-24(2,3)6-5-22-33-23-21-32-20-19-31-18-17-30-16-15-29-14-13-28-12-11-27-10-9-26-8-7-25-4/h5-23H2,1-4H3. The molecule has 0 aromatic heterocycles. The van der Waals surface area contributed by atoms with Crippen LogP contribution < -0.4 is 0 Å². The number of hydrogen-bond acceptors (Lipinski definition) is 9. The highest BCUT2D eigenvalue weighted by Crippen LogP contribution is 2.21. The van der Waals surface area contributed by atoms with Gasteiger partial charge >= 0.3 is 0 Å². The average Bonchev–Trinajstić information content (AvgIpc) is 2.78. The van der Waals surface area contributed by atoms with Crippen molar-refractivity contribution in [1.29, 1.82) is 0 Å². The third-order valence-corrected chi connectivity index (χ3v) is 5.28. The molecule has 9 heteroatoms. The number of rotatable bonds is 27. The van der Waals surface area contributed by atoms with Crippen molar-refractivity contribution in [1.82, 2.24) is 0 Å². The fourth-order valence-electron chi connectivity index (χ4n) is 2.49. The molecule has 8 nitrogen and oxygen atoms in total. The van der Waals surface area contributed by atoms with Gasteiger partial charge in [0.05, 0.1) is 99.1 Å². The lowest BCUT2D eigenvalue weighted by Gasteiger charge is -2.17. The smallest absolute Gasteiger partial charge is 0.0701 e. The Morgan fingerprint density at radius 1 is 0.455 bits per heavy atom. The van der Waals surface area contributed by atoms with E-state index in [4.69, 9.17) is 37.9 Å². The summed E-state index contributed by atoms with van der Waals surface area (Å²) >= 11 is 1.97. The second-order valence-electron chi connectivity index (χ2n) is 8.56. The number of hydrogen-bond donors (Lipinski definition) is 0. The highest BCUT2D eigenvalue weighted by Gasteiger charge is 2.08. The summed E-state index contributed by atoms with van der Waals surface area (Å²) in [6, 6.07) is 0. The second-order valence-corrected chi connectivity index (χ2v) is 9.78. The van der Waals surface area contributed by atoms with Crippen LogP contribution in [-0.2, 0) is 37.9 Å². The molecule has 0 fully saturated rings. The van der Waals surface area contributed by atoms with E-state index < -0.39 is 0 Å². The van der Waals surface area contributed by atoms with Gasteiger partial charge < -0.3 is 37.9 Å². The summed E-state index contributed by atoms with van der Waals surface area (Å²) in [5.41, 5.74) is 0.442. The maximum absolute atomic E-state index is 5.58. The molecular formula is C24H50O8S. The Balaban J connectivity index is 3.03. The van der Waals surface area contributed by atoms with Crippen LogP contribution in [0.2, 0.25) is 0 Å². The molecule has 0 amide bonds. The number of ether oxygens (including phenoxy) is 8. The highest BCUT2D eigenvalue weighted by atomic mass is 32.2. The van der Waals surface area contributed by atoms with Crippen molar-refractivity contribution in [3.05, 3.63) is 0 Å². The molecule has 0 aliphatic heterocycles. The van der Waals surface area contributed by atoms with Gasteiger partial charge in [0.2, 0.25) is 0 Å². The fraction of sp³-hybridized carbons (Fsp3) is 1.00. The van der Waals surface area contributed by atoms with E-state index in [0.717, 1.165) is 12.4 Å². The molecule has 0 radical (unpaired) electrons. The van der Waals surface area contributed by atoms with E-state index in [0.29, 0.717) is 97.9 Å². The van der Waals surface area contributed by atoms with Gasteiger partial charge in [0.25, 0.3) is 0 Å². The first kappa shape index (κ1) is 33.0. The van der Waals surface area contributed by atoms with Crippen molar-refractivity contribution in [3.8, 4) is 0 Å². The van der Waals surface area contributed by atoms with Crippen molar-refractivity contribution < 1.29 is 37.9 Å². The van der Waals surface area contributed by atoms with Crippen LogP contribution in [-0.4, -0.2) is 118 Å². The summed E-state index contributed by atoms with van der Waals surface area (Å²) in [4.78, 5) is 0. The molecule has 0 unspecified atom stereocenters. The topological polar surface area (TPSA) is 73.8 Å². The minimum absolute atomic E-state index is 0.442. The highest BCUT2D eigenvalue weighted by molar-refractivity contribution is 7.99. The Hall–Kier alpha value is 0.0300. The van der Waals surface area contributed by atoms with Gasteiger partial charge in [-0.15, -0.1) is 0 Å². The zero-order valence-corrected chi connectivity index (χ0v) is 22.4. The first-order chi connectivity index (χ1) is 16.1. The van der Waals surface area contributed by atoms with Crippen molar-refractivity contribution in [2.45, 2.75) is 33.6 Å². The van der Waals surface area contributed by atoms with Crippen LogP contribution in [0.3, 0.4) is 0 Å². The summed E-state index contributed by atoms with van der Waals surface area (Å²) < 4.78 is 43.0. The van der Waals surface area contributed by atoms with Crippen LogP contribution >= 0.6 is 11.8 Å². The molecule has 0 N–H and O–H groups in total. The molecule has 0 bridgehead atoms. The molecule has 0 heterocycles. The van der Waals surface area contributed by atoms with Gasteiger partial charge in [0, 0.05) is 12.9 Å². The van der Waals surface area contributed by atoms with E-state index in [-0.39, 0.29) is 0 Å². The first-order valence-electron chi connectivity index (χ1n) is 12.2. The maximum Gasteiger partial charge on any atom is 0.0701 e. The predicted octanol–water partition coefficient (Wildman–Crippen LogP) is 3.31. The largest absolute Gasteiger partial charge is 0.382 e. The van der Waals surface area contributed by atoms with Crippen molar-refractivity contribution >= 4 is 11.8 Å².